The molecule has 0 aliphatic rings. The smallest absolute Gasteiger partial charge is 0.224 e. The second-order valence-electron chi connectivity index (χ2n) is 3.72. The van der Waals surface area contributed by atoms with Gasteiger partial charge in [0.15, 0.2) is 17.4 Å². The number of rotatable bonds is 5. The first kappa shape index (κ1) is 13.2. The SMILES string of the molecule is CCOCc1nc(N)cc(Oc2ccccc2F)n1. The zero-order valence-corrected chi connectivity index (χ0v) is 10.5. The van der Waals surface area contributed by atoms with E-state index in [9.17, 15) is 4.39 Å². The lowest BCUT2D eigenvalue weighted by atomic mass is 10.3. The van der Waals surface area contributed by atoms with Gasteiger partial charge in [0.25, 0.3) is 0 Å². The number of anilines is 1. The minimum absolute atomic E-state index is 0.0861. The molecule has 0 bridgehead atoms. The maximum absolute atomic E-state index is 13.5. The Kier molecular flexibility index (Phi) is 4.25. The largest absolute Gasteiger partial charge is 0.436 e. The van der Waals surface area contributed by atoms with E-state index in [1.54, 1.807) is 12.1 Å². The third-order valence-corrected chi connectivity index (χ3v) is 2.26. The molecular formula is C13H14FN3O2. The number of hydrogen-bond acceptors (Lipinski definition) is 5. The average molecular weight is 263 g/mol. The van der Waals surface area contributed by atoms with E-state index in [1.807, 2.05) is 6.92 Å². The van der Waals surface area contributed by atoms with Crippen LogP contribution in [0.1, 0.15) is 12.7 Å². The number of benzene rings is 1. The van der Waals surface area contributed by atoms with E-state index in [0.29, 0.717) is 12.4 Å². The zero-order valence-electron chi connectivity index (χ0n) is 10.5. The molecule has 2 aromatic rings. The number of hydrogen-bond donors (Lipinski definition) is 1. The number of halogens is 1. The van der Waals surface area contributed by atoms with Crippen LogP contribution in [0.2, 0.25) is 0 Å². The van der Waals surface area contributed by atoms with E-state index in [-0.39, 0.29) is 24.1 Å². The number of nitrogens with two attached hydrogens (primary N) is 1. The van der Waals surface area contributed by atoms with Crippen LogP contribution in [-0.2, 0) is 11.3 Å². The van der Waals surface area contributed by atoms with Crippen molar-refractivity contribution in [2.45, 2.75) is 13.5 Å². The number of aromatic nitrogens is 2. The van der Waals surface area contributed by atoms with Gasteiger partial charge in [-0.25, -0.2) is 9.37 Å². The second kappa shape index (κ2) is 6.10. The van der Waals surface area contributed by atoms with Crippen LogP contribution in [0.25, 0.3) is 0 Å². The van der Waals surface area contributed by atoms with Crippen LogP contribution >= 0.6 is 0 Å². The van der Waals surface area contributed by atoms with Crippen LogP contribution in [0.4, 0.5) is 10.2 Å². The summed E-state index contributed by atoms with van der Waals surface area (Å²) < 4.78 is 24.0. The van der Waals surface area contributed by atoms with Crippen molar-refractivity contribution in [1.82, 2.24) is 9.97 Å². The summed E-state index contributed by atoms with van der Waals surface area (Å²) in [5.41, 5.74) is 5.64. The molecule has 100 valence electrons. The Morgan fingerprint density at radius 1 is 1.26 bits per heavy atom. The second-order valence-corrected chi connectivity index (χ2v) is 3.72. The standard InChI is InChI=1S/C13H14FN3O2/c1-2-18-8-12-16-11(15)7-13(17-12)19-10-6-4-3-5-9(10)14/h3-7H,2,8H2,1H3,(H2,15,16,17). The van der Waals surface area contributed by atoms with Crippen molar-refractivity contribution in [3.63, 3.8) is 0 Å². The molecule has 2 rings (SSSR count). The van der Waals surface area contributed by atoms with Gasteiger partial charge in [-0.1, -0.05) is 12.1 Å². The quantitative estimate of drug-likeness (QED) is 0.897. The van der Waals surface area contributed by atoms with Crippen LogP contribution < -0.4 is 10.5 Å². The average Bonchev–Trinajstić information content (AvgIpc) is 2.38. The normalized spacial score (nSPS) is 10.4. The Labute approximate surface area is 110 Å². The van der Waals surface area contributed by atoms with Gasteiger partial charge in [0.1, 0.15) is 12.4 Å². The third kappa shape index (κ3) is 3.62. The molecule has 0 atom stereocenters. The fraction of sp³-hybridized carbons (Fsp3) is 0.231. The summed E-state index contributed by atoms with van der Waals surface area (Å²) in [4.78, 5) is 8.11. The molecule has 19 heavy (non-hydrogen) atoms. The molecule has 0 radical (unpaired) electrons. The van der Waals surface area contributed by atoms with Gasteiger partial charge in [0.2, 0.25) is 5.88 Å². The lowest BCUT2D eigenvalue weighted by molar-refractivity contribution is 0.128. The topological polar surface area (TPSA) is 70.3 Å². The Morgan fingerprint density at radius 2 is 2.05 bits per heavy atom. The van der Waals surface area contributed by atoms with Crippen molar-refractivity contribution in [2.75, 3.05) is 12.3 Å². The van der Waals surface area contributed by atoms with Gasteiger partial charge in [-0.15, -0.1) is 0 Å². The molecule has 0 aliphatic carbocycles. The molecule has 1 heterocycles. The summed E-state index contributed by atoms with van der Waals surface area (Å²) >= 11 is 0. The fourth-order valence-corrected chi connectivity index (χ4v) is 1.44. The van der Waals surface area contributed by atoms with Crippen molar-refractivity contribution in [1.29, 1.82) is 0 Å². The van der Waals surface area contributed by atoms with Crippen molar-refractivity contribution >= 4 is 5.82 Å². The number of nitrogen functional groups attached to an aromatic ring is 1. The van der Waals surface area contributed by atoms with E-state index in [2.05, 4.69) is 9.97 Å². The van der Waals surface area contributed by atoms with Crippen LogP contribution in [0.15, 0.2) is 30.3 Å². The van der Waals surface area contributed by atoms with Gasteiger partial charge < -0.3 is 15.2 Å². The Bertz CT molecular complexity index is 563. The van der Waals surface area contributed by atoms with E-state index in [0.717, 1.165) is 0 Å². The molecule has 2 N–H and O–H groups in total. The Balaban J connectivity index is 2.20. The molecule has 0 saturated heterocycles. The van der Waals surface area contributed by atoms with Gasteiger partial charge in [0, 0.05) is 12.7 Å². The molecular weight excluding hydrogens is 249 g/mol. The summed E-state index contributed by atoms with van der Waals surface area (Å²) in [5, 5.41) is 0. The number of para-hydroxylation sites is 1. The van der Waals surface area contributed by atoms with Crippen LogP contribution in [0.5, 0.6) is 11.6 Å². The highest BCUT2D eigenvalue weighted by molar-refractivity contribution is 5.36. The highest BCUT2D eigenvalue weighted by Crippen LogP contribution is 2.23. The van der Waals surface area contributed by atoms with Gasteiger partial charge in [0.05, 0.1) is 0 Å². The molecule has 6 heteroatoms. The monoisotopic (exact) mass is 263 g/mol. The predicted octanol–water partition coefficient (Wildman–Crippen LogP) is 2.53. The van der Waals surface area contributed by atoms with Gasteiger partial charge >= 0.3 is 0 Å². The molecule has 0 saturated carbocycles. The minimum Gasteiger partial charge on any atom is -0.436 e. The Morgan fingerprint density at radius 3 is 2.79 bits per heavy atom. The van der Waals surface area contributed by atoms with Crippen molar-refractivity contribution in [3.05, 3.63) is 42.0 Å². The van der Waals surface area contributed by atoms with Gasteiger partial charge in [-0.05, 0) is 19.1 Å². The van der Waals surface area contributed by atoms with E-state index in [1.165, 1.54) is 18.2 Å². The lowest BCUT2D eigenvalue weighted by Crippen LogP contribution is -2.04. The van der Waals surface area contributed by atoms with Crippen molar-refractivity contribution in [2.24, 2.45) is 0 Å². The highest BCUT2D eigenvalue weighted by atomic mass is 19.1. The predicted molar refractivity (Wildman–Crippen MR) is 68.2 cm³/mol. The molecule has 0 spiro atoms. The lowest BCUT2D eigenvalue weighted by Gasteiger charge is -2.08. The number of nitrogens with zero attached hydrogens (tertiary/aromatic N) is 2. The summed E-state index contributed by atoms with van der Waals surface area (Å²) in [6.07, 6.45) is 0. The van der Waals surface area contributed by atoms with E-state index in [4.69, 9.17) is 15.2 Å². The van der Waals surface area contributed by atoms with E-state index >= 15 is 0 Å². The summed E-state index contributed by atoms with van der Waals surface area (Å²) in [7, 11) is 0. The Hall–Kier alpha value is -2.21. The first-order valence-corrected chi connectivity index (χ1v) is 5.82. The first-order chi connectivity index (χ1) is 9.19. The van der Waals surface area contributed by atoms with Crippen molar-refractivity contribution < 1.29 is 13.9 Å². The molecule has 1 aromatic carbocycles. The first-order valence-electron chi connectivity index (χ1n) is 5.82. The molecule has 5 nitrogen and oxygen atoms in total. The molecule has 1 aromatic heterocycles. The van der Waals surface area contributed by atoms with Crippen LogP contribution in [-0.4, -0.2) is 16.6 Å². The van der Waals surface area contributed by atoms with Crippen LogP contribution in [0.3, 0.4) is 0 Å². The molecule has 0 amide bonds. The maximum atomic E-state index is 13.5. The number of ether oxygens (including phenoxy) is 2. The summed E-state index contributed by atoms with van der Waals surface area (Å²) in [6.45, 7) is 2.64. The van der Waals surface area contributed by atoms with Gasteiger partial charge in [-0.2, -0.15) is 4.98 Å². The maximum Gasteiger partial charge on any atom is 0.224 e. The zero-order chi connectivity index (χ0) is 13.7. The van der Waals surface area contributed by atoms with Crippen molar-refractivity contribution in [3.8, 4) is 11.6 Å². The fourth-order valence-electron chi connectivity index (χ4n) is 1.44. The molecule has 0 aliphatic heterocycles. The summed E-state index contributed by atoms with van der Waals surface area (Å²) in [5.74, 6) is 0.450. The molecule has 0 fully saturated rings. The van der Waals surface area contributed by atoms with E-state index < -0.39 is 5.82 Å². The molecule has 0 unspecified atom stereocenters. The highest BCUT2D eigenvalue weighted by Gasteiger charge is 2.08. The van der Waals surface area contributed by atoms with Crippen LogP contribution in [0, 0.1) is 5.82 Å². The third-order valence-electron chi connectivity index (χ3n) is 2.26. The summed E-state index contributed by atoms with van der Waals surface area (Å²) in [6, 6.07) is 7.50. The minimum atomic E-state index is -0.467. The van der Waals surface area contributed by atoms with Gasteiger partial charge in [-0.3, -0.25) is 0 Å².